The number of anilines is 1. The average molecular weight is 288 g/mol. The van der Waals surface area contributed by atoms with Crippen molar-refractivity contribution in [3.63, 3.8) is 0 Å². The van der Waals surface area contributed by atoms with Crippen LogP contribution in [-0.4, -0.2) is 33.8 Å². The van der Waals surface area contributed by atoms with E-state index in [4.69, 9.17) is 5.73 Å². The van der Waals surface area contributed by atoms with Crippen LogP contribution in [-0.2, 0) is 9.53 Å². The number of rotatable bonds is 5. The van der Waals surface area contributed by atoms with Gasteiger partial charge in [-0.2, -0.15) is 0 Å². The predicted octanol–water partition coefficient (Wildman–Crippen LogP) is 0.273. The van der Waals surface area contributed by atoms with E-state index in [0.29, 0.717) is 12.1 Å². The first-order valence-corrected chi connectivity index (χ1v) is 5.55. The number of benzene rings is 1. The Bertz CT molecular complexity index is 536. The highest BCUT2D eigenvalue weighted by Crippen LogP contribution is 2.30. The Hall–Kier alpha value is -2.26. The van der Waals surface area contributed by atoms with E-state index in [1.807, 2.05) is 0 Å². The van der Waals surface area contributed by atoms with Crippen molar-refractivity contribution >= 4 is 17.3 Å². The molecule has 0 radical (unpaired) electrons. The predicted molar refractivity (Wildman–Crippen MR) is 65.1 cm³/mol. The van der Waals surface area contributed by atoms with Gasteiger partial charge in [0, 0.05) is 17.7 Å². The van der Waals surface area contributed by atoms with Crippen LogP contribution in [0.3, 0.4) is 0 Å². The molecule has 9 heteroatoms. The topological polar surface area (TPSA) is 136 Å². The van der Waals surface area contributed by atoms with Gasteiger partial charge in [0.2, 0.25) is 0 Å². The van der Waals surface area contributed by atoms with Gasteiger partial charge >= 0.3 is 5.97 Å². The molecule has 8 nitrogen and oxygen atoms in total. The number of carbonyl (C=O) groups excluding carboxylic acids is 1. The second-order valence-electron chi connectivity index (χ2n) is 3.83. The number of esters is 1. The molecule has 0 heterocycles. The lowest BCUT2D eigenvalue weighted by molar-refractivity contribution is -0.384. The monoisotopic (exact) mass is 288 g/mol. The molecular weight excluding hydrogens is 275 g/mol. The second-order valence-corrected chi connectivity index (χ2v) is 3.83. The number of nitrogens with two attached hydrogens (primary N) is 1. The number of aliphatic hydroxyl groups is 2. The maximum atomic E-state index is 13.6. The van der Waals surface area contributed by atoms with Crippen LogP contribution < -0.4 is 5.73 Å². The van der Waals surface area contributed by atoms with E-state index in [0.717, 1.165) is 0 Å². The van der Waals surface area contributed by atoms with E-state index in [2.05, 4.69) is 4.74 Å². The molecule has 2 unspecified atom stereocenters. The van der Waals surface area contributed by atoms with Crippen molar-refractivity contribution < 1.29 is 29.1 Å². The van der Waals surface area contributed by atoms with Crippen molar-refractivity contribution in [3.05, 3.63) is 33.6 Å². The van der Waals surface area contributed by atoms with Gasteiger partial charge in [0.05, 0.1) is 11.5 Å². The van der Waals surface area contributed by atoms with E-state index < -0.39 is 45.9 Å². The van der Waals surface area contributed by atoms with Gasteiger partial charge < -0.3 is 20.7 Å². The Labute approximate surface area is 112 Å². The van der Waals surface area contributed by atoms with Crippen LogP contribution in [0.25, 0.3) is 0 Å². The van der Waals surface area contributed by atoms with Crippen molar-refractivity contribution in [1.82, 2.24) is 0 Å². The highest BCUT2D eigenvalue weighted by molar-refractivity contribution is 5.75. The Balaban J connectivity index is 3.15. The zero-order valence-electron chi connectivity index (χ0n) is 10.4. The first-order valence-electron chi connectivity index (χ1n) is 5.55. The summed E-state index contributed by atoms with van der Waals surface area (Å²) in [5, 5.41) is 29.9. The van der Waals surface area contributed by atoms with Crippen molar-refractivity contribution in [1.29, 1.82) is 0 Å². The molecule has 110 valence electrons. The Kier molecular flexibility index (Phi) is 4.94. The van der Waals surface area contributed by atoms with Crippen molar-refractivity contribution in [3.8, 4) is 0 Å². The lowest BCUT2D eigenvalue weighted by atomic mass is 10.0. The van der Waals surface area contributed by atoms with Gasteiger partial charge in [-0.25, -0.2) is 9.18 Å². The smallest absolute Gasteiger partial charge is 0.338 e. The maximum absolute atomic E-state index is 13.6. The molecular formula is C11H13FN2O6. The van der Waals surface area contributed by atoms with Crippen LogP contribution in [0.4, 0.5) is 15.8 Å². The fraction of sp³-hybridized carbons (Fsp3) is 0.364. The third-order valence-electron chi connectivity index (χ3n) is 2.49. The zero-order chi connectivity index (χ0) is 15.4. The van der Waals surface area contributed by atoms with Crippen LogP contribution in [0.2, 0.25) is 0 Å². The molecule has 0 amide bonds. The number of nitro benzene ring substituents is 1. The molecule has 0 saturated carbocycles. The Morgan fingerprint density at radius 1 is 1.55 bits per heavy atom. The van der Waals surface area contributed by atoms with E-state index in [1.54, 1.807) is 0 Å². The summed E-state index contributed by atoms with van der Waals surface area (Å²) >= 11 is 0. The van der Waals surface area contributed by atoms with Gasteiger partial charge in [-0.05, 0) is 6.92 Å². The number of nitrogens with zero attached hydrogens (tertiary/aromatic N) is 1. The molecule has 0 saturated heterocycles. The minimum Gasteiger partial charge on any atom is -0.464 e. The van der Waals surface area contributed by atoms with Gasteiger partial charge in [0.1, 0.15) is 17.6 Å². The second kappa shape index (κ2) is 6.26. The molecule has 0 aliphatic carbocycles. The van der Waals surface area contributed by atoms with Gasteiger partial charge in [-0.1, -0.05) is 0 Å². The summed E-state index contributed by atoms with van der Waals surface area (Å²) in [6.45, 7) is 1.43. The summed E-state index contributed by atoms with van der Waals surface area (Å²) < 4.78 is 18.1. The molecule has 20 heavy (non-hydrogen) atoms. The summed E-state index contributed by atoms with van der Waals surface area (Å²) in [7, 11) is 0. The fourth-order valence-corrected chi connectivity index (χ4v) is 1.50. The molecule has 0 fully saturated rings. The molecule has 0 aromatic heterocycles. The molecule has 0 spiro atoms. The number of halogens is 1. The molecule has 2 atom stereocenters. The molecule has 0 bridgehead atoms. The van der Waals surface area contributed by atoms with Gasteiger partial charge in [-0.3, -0.25) is 10.1 Å². The van der Waals surface area contributed by atoms with Crippen LogP contribution >= 0.6 is 0 Å². The molecule has 1 rings (SSSR count). The number of hydrogen-bond acceptors (Lipinski definition) is 7. The molecule has 0 aliphatic rings. The van der Waals surface area contributed by atoms with Gasteiger partial charge in [0.25, 0.3) is 5.69 Å². The van der Waals surface area contributed by atoms with Crippen molar-refractivity contribution in [2.75, 3.05) is 12.3 Å². The summed E-state index contributed by atoms with van der Waals surface area (Å²) in [5.74, 6) is -2.25. The largest absolute Gasteiger partial charge is 0.464 e. The van der Waals surface area contributed by atoms with E-state index in [9.17, 15) is 29.5 Å². The van der Waals surface area contributed by atoms with E-state index in [1.165, 1.54) is 6.92 Å². The van der Waals surface area contributed by atoms with Gasteiger partial charge in [-0.15, -0.1) is 0 Å². The van der Waals surface area contributed by atoms with Crippen molar-refractivity contribution in [2.45, 2.75) is 19.1 Å². The lowest BCUT2D eigenvalue weighted by Crippen LogP contribution is -2.30. The van der Waals surface area contributed by atoms with Crippen molar-refractivity contribution in [2.24, 2.45) is 0 Å². The summed E-state index contributed by atoms with van der Waals surface area (Å²) in [4.78, 5) is 21.0. The first-order chi connectivity index (χ1) is 9.29. The number of aliphatic hydroxyl groups excluding tert-OH is 2. The van der Waals surface area contributed by atoms with Gasteiger partial charge in [0.15, 0.2) is 6.10 Å². The Morgan fingerprint density at radius 3 is 2.65 bits per heavy atom. The quantitative estimate of drug-likeness (QED) is 0.306. The average Bonchev–Trinajstić information content (AvgIpc) is 2.37. The number of hydrogen-bond donors (Lipinski definition) is 3. The minimum atomic E-state index is -2.06. The zero-order valence-corrected chi connectivity index (χ0v) is 10.4. The summed E-state index contributed by atoms with van der Waals surface area (Å²) in [6, 6.07) is 1.30. The Morgan fingerprint density at radius 2 is 2.15 bits per heavy atom. The normalized spacial score (nSPS) is 13.6. The SMILES string of the molecule is CCOC(=O)C(O)C(O)c1cc([N+](=O)[O-])c(N)cc1F. The molecule has 1 aromatic carbocycles. The maximum Gasteiger partial charge on any atom is 0.338 e. The van der Waals surface area contributed by atoms with Crippen LogP contribution in [0.5, 0.6) is 0 Å². The minimum absolute atomic E-state index is 0.0486. The lowest BCUT2D eigenvalue weighted by Gasteiger charge is -2.17. The molecule has 1 aromatic rings. The number of nitrogen functional groups attached to an aromatic ring is 1. The number of ether oxygens (including phenoxy) is 1. The highest BCUT2D eigenvalue weighted by Gasteiger charge is 2.31. The van der Waals surface area contributed by atoms with Crippen LogP contribution in [0.15, 0.2) is 12.1 Å². The molecule has 0 aliphatic heterocycles. The third kappa shape index (κ3) is 3.19. The van der Waals surface area contributed by atoms with Crippen LogP contribution in [0.1, 0.15) is 18.6 Å². The number of nitro groups is 1. The summed E-state index contributed by atoms with van der Waals surface area (Å²) in [6.07, 6.45) is -4.07. The first kappa shape index (κ1) is 15.8. The third-order valence-corrected chi connectivity index (χ3v) is 2.49. The van der Waals surface area contributed by atoms with Crippen LogP contribution in [0, 0.1) is 15.9 Å². The molecule has 4 N–H and O–H groups in total. The number of carbonyl (C=O) groups is 1. The summed E-state index contributed by atoms with van der Waals surface area (Å²) in [5.41, 5.74) is 3.56. The highest BCUT2D eigenvalue weighted by atomic mass is 19.1. The standard InChI is InChI=1S/C11H13FN2O6/c1-2-20-11(17)10(16)9(15)5-3-8(14(18)19)7(13)4-6(5)12/h3-4,9-10,15-16H,2,13H2,1H3. The van der Waals surface area contributed by atoms with E-state index >= 15 is 0 Å². The fourth-order valence-electron chi connectivity index (χ4n) is 1.50. The van der Waals surface area contributed by atoms with E-state index in [-0.39, 0.29) is 6.61 Å².